The summed E-state index contributed by atoms with van der Waals surface area (Å²) in [6, 6.07) is 13.4. The standard InChI is InChI=1S/C23H27N3O5S/c1-31-19-11-9-18(10-12-19)15-25-16-23(28)26(17-22(27)24-13-5-2-6-14-24)20-7-3-4-8-21(20)32(25,29)30/h3-4,7-12H,2,5-6,13-17H2,1H3. The normalized spacial score (nSPS) is 18.7. The molecule has 0 aromatic heterocycles. The van der Waals surface area contributed by atoms with Crippen molar-refractivity contribution in [2.45, 2.75) is 30.7 Å². The number of para-hydroxylation sites is 1. The molecule has 0 atom stereocenters. The van der Waals surface area contributed by atoms with E-state index < -0.39 is 15.9 Å². The molecule has 2 aromatic rings. The molecule has 0 unspecified atom stereocenters. The van der Waals surface area contributed by atoms with E-state index in [-0.39, 0.29) is 36.1 Å². The summed E-state index contributed by atoms with van der Waals surface area (Å²) in [7, 11) is -2.39. The second kappa shape index (κ2) is 9.30. The van der Waals surface area contributed by atoms with Crippen LogP contribution in [0.5, 0.6) is 5.75 Å². The number of piperidine rings is 1. The second-order valence-electron chi connectivity index (χ2n) is 8.01. The highest BCUT2D eigenvalue weighted by Gasteiger charge is 2.37. The fourth-order valence-electron chi connectivity index (χ4n) is 4.12. The minimum absolute atomic E-state index is 0.0332. The largest absolute Gasteiger partial charge is 0.497 e. The summed E-state index contributed by atoms with van der Waals surface area (Å²) in [5.74, 6) is 0.0857. The summed E-state index contributed by atoms with van der Waals surface area (Å²) in [5, 5.41) is 0. The van der Waals surface area contributed by atoms with Crippen LogP contribution >= 0.6 is 0 Å². The van der Waals surface area contributed by atoms with Crippen LogP contribution in [-0.2, 0) is 26.2 Å². The SMILES string of the molecule is COc1ccc(CN2CC(=O)N(CC(=O)N3CCCCC3)c3ccccc3S2(=O)=O)cc1. The van der Waals surface area contributed by atoms with E-state index in [1.807, 2.05) is 0 Å². The summed E-state index contributed by atoms with van der Waals surface area (Å²) >= 11 is 0. The number of likely N-dealkylation sites (tertiary alicyclic amines) is 1. The van der Waals surface area contributed by atoms with Gasteiger partial charge in [0.15, 0.2) is 0 Å². The molecule has 2 aliphatic heterocycles. The van der Waals surface area contributed by atoms with Gasteiger partial charge < -0.3 is 14.5 Å². The van der Waals surface area contributed by atoms with E-state index in [1.54, 1.807) is 54.5 Å². The van der Waals surface area contributed by atoms with Crippen molar-refractivity contribution >= 4 is 27.5 Å². The average Bonchev–Trinajstić information content (AvgIpc) is 2.89. The number of carbonyl (C=O) groups excluding carboxylic acids is 2. The van der Waals surface area contributed by atoms with Gasteiger partial charge >= 0.3 is 0 Å². The van der Waals surface area contributed by atoms with E-state index in [9.17, 15) is 18.0 Å². The fraction of sp³-hybridized carbons (Fsp3) is 0.391. The molecule has 1 saturated heterocycles. The molecular weight excluding hydrogens is 430 g/mol. The fourth-order valence-corrected chi connectivity index (χ4v) is 5.69. The molecule has 0 spiro atoms. The van der Waals surface area contributed by atoms with Crippen molar-refractivity contribution in [2.24, 2.45) is 0 Å². The molecule has 0 bridgehead atoms. The van der Waals surface area contributed by atoms with Crippen LogP contribution in [0.2, 0.25) is 0 Å². The van der Waals surface area contributed by atoms with E-state index in [0.29, 0.717) is 18.8 Å². The summed E-state index contributed by atoms with van der Waals surface area (Å²) in [4.78, 5) is 29.2. The molecule has 9 heteroatoms. The minimum atomic E-state index is -3.94. The Hall–Kier alpha value is -2.91. The maximum Gasteiger partial charge on any atom is 0.245 e. The highest BCUT2D eigenvalue weighted by Crippen LogP contribution is 2.32. The van der Waals surface area contributed by atoms with Crippen LogP contribution in [-0.4, -0.2) is 62.7 Å². The Morgan fingerprint density at radius 3 is 2.38 bits per heavy atom. The highest BCUT2D eigenvalue weighted by atomic mass is 32.2. The zero-order chi connectivity index (χ0) is 22.7. The van der Waals surface area contributed by atoms with Crippen molar-refractivity contribution < 1.29 is 22.7 Å². The first-order valence-electron chi connectivity index (χ1n) is 10.7. The van der Waals surface area contributed by atoms with Crippen LogP contribution < -0.4 is 9.64 Å². The number of benzene rings is 2. The third-order valence-electron chi connectivity index (χ3n) is 5.91. The van der Waals surface area contributed by atoms with Gasteiger partial charge in [0.1, 0.15) is 17.2 Å². The molecular formula is C23H27N3O5S. The number of fused-ring (bicyclic) bond motifs is 1. The van der Waals surface area contributed by atoms with Crippen LogP contribution in [0.3, 0.4) is 0 Å². The van der Waals surface area contributed by atoms with Crippen LogP contribution in [0, 0.1) is 0 Å². The maximum absolute atomic E-state index is 13.5. The van der Waals surface area contributed by atoms with Gasteiger partial charge in [0.2, 0.25) is 21.8 Å². The lowest BCUT2D eigenvalue weighted by Gasteiger charge is -2.30. The van der Waals surface area contributed by atoms with Gasteiger partial charge in [0.25, 0.3) is 0 Å². The van der Waals surface area contributed by atoms with Crippen LogP contribution in [0.1, 0.15) is 24.8 Å². The Kier molecular flexibility index (Phi) is 6.48. The van der Waals surface area contributed by atoms with E-state index in [1.165, 1.54) is 15.3 Å². The molecule has 170 valence electrons. The van der Waals surface area contributed by atoms with Gasteiger partial charge in [-0.2, -0.15) is 4.31 Å². The van der Waals surface area contributed by atoms with Gasteiger partial charge in [-0.3, -0.25) is 9.59 Å². The van der Waals surface area contributed by atoms with Gasteiger partial charge in [0, 0.05) is 19.6 Å². The van der Waals surface area contributed by atoms with Gasteiger partial charge in [-0.15, -0.1) is 0 Å². The number of ether oxygens (including phenoxy) is 1. The Morgan fingerprint density at radius 2 is 1.69 bits per heavy atom. The zero-order valence-corrected chi connectivity index (χ0v) is 18.9. The number of methoxy groups -OCH3 is 1. The number of amides is 2. The third kappa shape index (κ3) is 4.49. The molecule has 2 heterocycles. The van der Waals surface area contributed by atoms with Crippen molar-refractivity contribution in [3.05, 3.63) is 54.1 Å². The Bertz CT molecular complexity index is 1090. The maximum atomic E-state index is 13.5. The topological polar surface area (TPSA) is 87.2 Å². The van der Waals surface area contributed by atoms with E-state index in [2.05, 4.69) is 0 Å². The number of rotatable bonds is 5. The highest BCUT2D eigenvalue weighted by molar-refractivity contribution is 7.89. The molecule has 4 rings (SSSR count). The van der Waals surface area contributed by atoms with Crippen molar-refractivity contribution in [1.29, 1.82) is 0 Å². The quantitative estimate of drug-likeness (QED) is 0.687. The van der Waals surface area contributed by atoms with Gasteiger partial charge in [-0.25, -0.2) is 8.42 Å². The molecule has 2 amide bonds. The molecule has 0 aliphatic carbocycles. The van der Waals surface area contributed by atoms with Crippen LogP contribution in [0.4, 0.5) is 5.69 Å². The summed E-state index contributed by atoms with van der Waals surface area (Å²) in [6.07, 6.45) is 2.98. The third-order valence-corrected chi connectivity index (χ3v) is 7.75. The predicted molar refractivity (Wildman–Crippen MR) is 120 cm³/mol. The average molecular weight is 458 g/mol. The molecule has 8 nitrogen and oxygen atoms in total. The first kappa shape index (κ1) is 22.3. The number of nitrogens with zero attached hydrogens (tertiary/aromatic N) is 3. The number of anilines is 1. The molecule has 2 aliphatic rings. The lowest BCUT2D eigenvalue weighted by Crippen LogP contribution is -2.46. The smallest absolute Gasteiger partial charge is 0.245 e. The van der Waals surface area contributed by atoms with E-state index >= 15 is 0 Å². The van der Waals surface area contributed by atoms with E-state index in [4.69, 9.17) is 4.74 Å². The lowest BCUT2D eigenvalue weighted by molar-refractivity contribution is -0.132. The number of carbonyl (C=O) groups is 2. The molecule has 2 aromatic carbocycles. The summed E-state index contributed by atoms with van der Waals surface area (Å²) in [5.41, 5.74) is 0.984. The Balaban J connectivity index is 1.64. The lowest BCUT2D eigenvalue weighted by atomic mass is 10.1. The number of sulfonamides is 1. The van der Waals surface area contributed by atoms with Gasteiger partial charge in [-0.05, 0) is 49.1 Å². The first-order valence-corrected chi connectivity index (χ1v) is 12.1. The van der Waals surface area contributed by atoms with Gasteiger partial charge in [0.05, 0.1) is 19.3 Å². The Labute approximate surface area is 188 Å². The summed E-state index contributed by atoms with van der Waals surface area (Å²) in [6.45, 7) is 0.882. The monoisotopic (exact) mass is 457 g/mol. The molecule has 0 N–H and O–H groups in total. The Morgan fingerprint density at radius 1 is 1.00 bits per heavy atom. The summed E-state index contributed by atoms with van der Waals surface area (Å²) < 4.78 is 33.2. The zero-order valence-electron chi connectivity index (χ0n) is 18.1. The van der Waals surface area contributed by atoms with Crippen molar-refractivity contribution in [1.82, 2.24) is 9.21 Å². The molecule has 0 radical (unpaired) electrons. The predicted octanol–water partition coefficient (Wildman–Crippen LogP) is 2.25. The van der Waals surface area contributed by atoms with Crippen molar-refractivity contribution in [2.75, 3.05) is 38.2 Å². The molecule has 32 heavy (non-hydrogen) atoms. The first-order chi connectivity index (χ1) is 15.4. The second-order valence-corrected chi connectivity index (χ2v) is 9.92. The minimum Gasteiger partial charge on any atom is -0.497 e. The van der Waals surface area contributed by atoms with Crippen molar-refractivity contribution in [3.8, 4) is 5.75 Å². The van der Waals surface area contributed by atoms with Crippen LogP contribution in [0.15, 0.2) is 53.4 Å². The van der Waals surface area contributed by atoms with E-state index in [0.717, 1.165) is 24.8 Å². The molecule has 0 saturated carbocycles. The molecule has 1 fully saturated rings. The van der Waals surface area contributed by atoms with Gasteiger partial charge in [-0.1, -0.05) is 24.3 Å². The number of hydrogen-bond acceptors (Lipinski definition) is 5. The number of hydrogen-bond donors (Lipinski definition) is 0. The van der Waals surface area contributed by atoms with Crippen molar-refractivity contribution in [3.63, 3.8) is 0 Å². The van der Waals surface area contributed by atoms with Crippen LogP contribution in [0.25, 0.3) is 0 Å².